The molecule has 0 spiro atoms. The van der Waals surface area contributed by atoms with E-state index in [0.29, 0.717) is 17.1 Å². The second kappa shape index (κ2) is 4.96. The van der Waals surface area contributed by atoms with Crippen molar-refractivity contribution >= 4 is 11.3 Å². The molecule has 0 aliphatic carbocycles. The summed E-state index contributed by atoms with van der Waals surface area (Å²) in [7, 11) is 2.12. The van der Waals surface area contributed by atoms with Crippen LogP contribution >= 0.6 is 11.3 Å². The summed E-state index contributed by atoms with van der Waals surface area (Å²) in [4.78, 5) is 6.43. The van der Waals surface area contributed by atoms with Crippen LogP contribution in [0.3, 0.4) is 0 Å². The first-order valence-corrected chi connectivity index (χ1v) is 7.70. The van der Waals surface area contributed by atoms with E-state index in [0.717, 1.165) is 37.0 Å². The summed E-state index contributed by atoms with van der Waals surface area (Å²) < 4.78 is 38.8. The first-order valence-electron chi connectivity index (χ1n) is 6.89. The molecule has 20 heavy (non-hydrogen) atoms. The lowest BCUT2D eigenvalue weighted by Gasteiger charge is -2.35. The molecule has 112 valence electrons. The Morgan fingerprint density at radius 2 is 1.90 bits per heavy atom. The zero-order chi connectivity index (χ0) is 14.5. The SMILES string of the molecule is CN1C2CCC1CC(c1nc(C(F)(F)F)c(CN)s1)C2. The molecular weight excluding hydrogens is 287 g/mol. The highest BCUT2D eigenvalue weighted by Gasteiger charge is 2.42. The van der Waals surface area contributed by atoms with Crippen LogP contribution in [0.4, 0.5) is 13.2 Å². The second-order valence-electron chi connectivity index (χ2n) is 5.74. The molecular formula is C13H18F3N3S. The Kier molecular flexibility index (Phi) is 3.54. The fourth-order valence-electron chi connectivity index (χ4n) is 3.52. The zero-order valence-electron chi connectivity index (χ0n) is 11.3. The van der Waals surface area contributed by atoms with Gasteiger partial charge in [0.25, 0.3) is 0 Å². The molecule has 2 aliphatic heterocycles. The van der Waals surface area contributed by atoms with Gasteiger partial charge in [-0.25, -0.2) is 4.98 Å². The van der Waals surface area contributed by atoms with Gasteiger partial charge in [0.05, 0.1) is 9.88 Å². The molecule has 7 heteroatoms. The van der Waals surface area contributed by atoms with Crippen molar-refractivity contribution < 1.29 is 13.2 Å². The number of nitrogens with two attached hydrogens (primary N) is 1. The summed E-state index contributed by atoms with van der Waals surface area (Å²) >= 11 is 1.15. The molecule has 1 aromatic heterocycles. The number of halogens is 3. The van der Waals surface area contributed by atoms with Gasteiger partial charge in [-0.1, -0.05) is 0 Å². The van der Waals surface area contributed by atoms with Gasteiger partial charge in [-0.15, -0.1) is 11.3 Å². The molecule has 3 rings (SSSR count). The molecule has 3 nitrogen and oxygen atoms in total. The Hall–Kier alpha value is -0.660. The molecule has 1 aromatic rings. The fourth-order valence-corrected chi connectivity index (χ4v) is 4.61. The lowest BCUT2D eigenvalue weighted by molar-refractivity contribution is -0.141. The molecule has 0 radical (unpaired) electrons. The van der Waals surface area contributed by atoms with Crippen molar-refractivity contribution in [3.05, 3.63) is 15.6 Å². The standard InChI is InChI=1S/C13H18F3N3S/c1-19-8-2-3-9(19)5-7(4-8)12-18-11(13(14,15)16)10(6-17)20-12/h7-9H,2-6,17H2,1H3. The van der Waals surface area contributed by atoms with E-state index >= 15 is 0 Å². The highest BCUT2D eigenvalue weighted by Crippen LogP contribution is 2.45. The topological polar surface area (TPSA) is 42.2 Å². The lowest BCUT2D eigenvalue weighted by atomic mass is 9.92. The predicted octanol–water partition coefficient (Wildman–Crippen LogP) is 2.96. The second-order valence-corrected chi connectivity index (χ2v) is 6.86. The van der Waals surface area contributed by atoms with Crippen LogP contribution in [0.5, 0.6) is 0 Å². The first kappa shape index (κ1) is 14.3. The van der Waals surface area contributed by atoms with Crippen LogP contribution in [-0.2, 0) is 12.7 Å². The van der Waals surface area contributed by atoms with Gasteiger partial charge in [0, 0.05) is 24.5 Å². The van der Waals surface area contributed by atoms with Crippen molar-refractivity contribution in [2.24, 2.45) is 5.73 Å². The largest absolute Gasteiger partial charge is 0.434 e. The van der Waals surface area contributed by atoms with Crippen LogP contribution in [0.15, 0.2) is 0 Å². The normalized spacial score (nSPS) is 30.9. The number of fused-ring (bicyclic) bond motifs is 2. The minimum Gasteiger partial charge on any atom is -0.326 e. The summed E-state index contributed by atoms with van der Waals surface area (Å²) in [6, 6.07) is 0.997. The number of aromatic nitrogens is 1. The van der Waals surface area contributed by atoms with Crippen molar-refractivity contribution in [2.45, 2.75) is 56.4 Å². The average Bonchev–Trinajstić information content (AvgIpc) is 2.88. The van der Waals surface area contributed by atoms with Gasteiger partial charge < -0.3 is 10.6 Å². The van der Waals surface area contributed by atoms with E-state index in [1.165, 1.54) is 0 Å². The fraction of sp³-hybridized carbons (Fsp3) is 0.769. The Morgan fingerprint density at radius 3 is 2.35 bits per heavy atom. The number of rotatable bonds is 2. The third-order valence-corrected chi connectivity index (χ3v) is 5.86. The average molecular weight is 305 g/mol. The Morgan fingerprint density at radius 1 is 1.30 bits per heavy atom. The van der Waals surface area contributed by atoms with E-state index in [1.54, 1.807) is 0 Å². The van der Waals surface area contributed by atoms with Gasteiger partial charge >= 0.3 is 6.18 Å². The van der Waals surface area contributed by atoms with Crippen molar-refractivity contribution in [1.29, 1.82) is 0 Å². The third kappa shape index (κ3) is 2.35. The number of thiazole rings is 1. The van der Waals surface area contributed by atoms with Crippen LogP contribution in [0, 0.1) is 0 Å². The van der Waals surface area contributed by atoms with Crippen LogP contribution in [0.25, 0.3) is 0 Å². The van der Waals surface area contributed by atoms with E-state index in [4.69, 9.17) is 5.73 Å². The smallest absolute Gasteiger partial charge is 0.326 e. The molecule has 0 amide bonds. The van der Waals surface area contributed by atoms with E-state index in [9.17, 15) is 13.2 Å². The maximum atomic E-state index is 12.9. The Balaban J connectivity index is 1.87. The van der Waals surface area contributed by atoms with E-state index in [-0.39, 0.29) is 17.3 Å². The molecule has 2 saturated heterocycles. The van der Waals surface area contributed by atoms with Crippen molar-refractivity contribution in [1.82, 2.24) is 9.88 Å². The molecule has 2 atom stereocenters. The predicted molar refractivity (Wildman–Crippen MR) is 71.6 cm³/mol. The van der Waals surface area contributed by atoms with Crippen LogP contribution in [0.1, 0.15) is 47.2 Å². The number of alkyl halides is 3. The summed E-state index contributed by atoms with van der Waals surface area (Å²) in [5, 5.41) is 0.628. The molecule has 2 fully saturated rings. The van der Waals surface area contributed by atoms with Gasteiger partial charge in [-0.05, 0) is 32.7 Å². The van der Waals surface area contributed by atoms with E-state index in [2.05, 4.69) is 16.9 Å². The van der Waals surface area contributed by atoms with Gasteiger partial charge in [0.2, 0.25) is 0 Å². The molecule has 0 aromatic carbocycles. The van der Waals surface area contributed by atoms with Crippen molar-refractivity contribution in [3.8, 4) is 0 Å². The van der Waals surface area contributed by atoms with Gasteiger partial charge in [0.1, 0.15) is 0 Å². The summed E-state index contributed by atoms with van der Waals surface area (Å²) in [6.45, 7) is -0.0913. The van der Waals surface area contributed by atoms with E-state index < -0.39 is 11.9 Å². The Labute approximate surface area is 120 Å². The van der Waals surface area contributed by atoms with Crippen molar-refractivity contribution in [3.63, 3.8) is 0 Å². The number of piperidine rings is 1. The molecule has 0 saturated carbocycles. The molecule has 2 bridgehead atoms. The highest BCUT2D eigenvalue weighted by molar-refractivity contribution is 7.11. The molecule has 2 aliphatic rings. The molecule has 3 heterocycles. The Bertz CT molecular complexity index is 486. The van der Waals surface area contributed by atoms with Crippen molar-refractivity contribution in [2.75, 3.05) is 7.05 Å². The van der Waals surface area contributed by atoms with Crippen LogP contribution in [0.2, 0.25) is 0 Å². The van der Waals surface area contributed by atoms with E-state index in [1.807, 2.05) is 0 Å². The van der Waals surface area contributed by atoms with Crippen LogP contribution < -0.4 is 5.73 Å². The summed E-state index contributed by atoms with van der Waals surface area (Å²) in [5.41, 5.74) is 4.67. The maximum absolute atomic E-state index is 12.9. The molecule has 2 unspecified atom stereocenters. The number of hydrogen-bond acceptors (Lipinski definition) is 4. The lowest BCUT2D eigenvalue weighted by Crippen LogP contribution is -2.39. The number of nitrogens with zero attached hydrogens (tertiary/aromatic N) is 2. The maximum Gasteiger partial charge on any atom is 0.434 e. The summed E-state index contributed by atoms with van der Waals surface area (Å²) in [6.07, 6.45) is -0.255. The molecule has 2 N–H and O–H groups in total. The van der Waals surface area contributed by atoms with Gasteiger partial charge in [-0.3, -0.25) is 0 Å². The first-order chi connectivity index (χ1) is 9.40. The summed E-state index contributed by atoms with van der Waals surface area (Å²) in [5.74, 6) is 0.162. The number of hydrogen-bond donors (Lipinski definition) is 1. The highest BCUT2D eigenvalue weighted by atomic mass is 32.1. The van der Waals surface area contributed by atoms with Gasteiger partial charge in [0.15, 0.2) is 5.69 Å². The quantitative estimate of drug-likeness (QED) is 0.913. The van der Waals surface area contributed by atoms with Gasteiger partial charge in [-0.2, -0.15) is 13.2 Å². The van der Waals surface area contributed by atoms with Crippen LogP contribution in [-0.4, -0.2) is 29.0 Å². The third-order valence-electron chi connectivity index (χ3n) is 4.62. The minimum atomic E-state index is -4.39. The monoisotopic (exact) mass is 305 g/mol. The zero-order valence-corrected chi connectivity index (χ0v) is 12.1. The minimum absolute atomic E-state index is 0.0913.